The number of thiazole rings is 1. The molecule has 0 bridgehead atoms. The Kier molecular flexibility index (Phi) is 7.70. The summed E-state index contributed by atoms with van der Waals surface area (Å²) in [5, 5.41) is 1.97. The molecule has 1 amide bonds. The Balaban J connectivity index is 2.16. The Labute approximate surface area is 214 Å². The van der Waals surface area contributed by atoms with Gasteiger partial charge in [-0.3, -0.25) is 4.79 Å². The number of esters is 1. The summed E-state index contributed by atoms with van der Waals surface area (Å²) >= 11 is 1.49. The molecular weight excluding hydrogens is 460 g/mol. The molecule has 1 aromatic carbocycles. The molecule has 2 aromatic rings. The number of methoxy groups -OCH3 is 1. The van der Waals surface area contributed by atoms with Gasteiger partial charge in [0.2, 0.25) is 0 Å². The van der Waals surface area contributed by atoms with Crippen LogP contribution in [0.1, 0.15) is 102 Å². The van der Waals surface area contributed by atoms with Crippen molar-refractivity contribution in [2.24, 2.45) is 5.92 Å². The fourth-order valence-corrected chi connectivity index (χ4v) is 5.64. The number of hydrogen-bond acceptors (Lipinski definition) is 6. The van der Waals surface area contributed by atoms with E-state index in [2.05, 4.69) is 39.6 Å². The van der Waals surface area contributed by atoms with Crippen LogP contribution in [0.5, 0.6) is 5.75 Å². The molecule has 0 radical (unpaired) electrons. The zero-order valence-corrected chi connectivity index (χ0v) is 23.4. The van der Waals surface area contributed by atoms with Crippen LogP contribution in [0.15, 0.2) is 29.1 Å². The second-order valence-corrected chi connectivity index (χ2v) is 12.7. The van der Waals surface area contributed by atoms with Crippen LogP contribution in [0.25, 0.3) is 0 Å². The summed E-state index contributed by atoms with van der Waals surface area (Å²) < 4.78 is 11.6. The van der Waals surface area contributed by atoms with Crippen molar-refractivity contribution in [3.05, 3.63) is 45.9 Å². The molecule has 2 heterocycles. The third-order valence-corrected chi connectivity index (χ3v) is 7.00. The molecule has 0 saturated carbocycles. The Bertz CT molecular complexity index is 1050. The van der Waals surface area contributed by atoms with Gasteiger partial charge in [0, 0.05) is 10.9 Å². The van der Waals surface area contributed by atoms with E-state index in [1.807, 2.05) is 38.3 Å². The average Bonchev–Trinajstić information content (AvgIpc) is 3.39. The van der Waals surface area contributed by atoms with Crippen LogP contribution in [0, 0.1) is 5.92 Å². The third-order valence-electron chi connectivity index (χ3n) is 6.40. The molecule has 0 spiro atoms. The van der Waals surface area contributed by atoms with E-state index in [1.165, 1.54) is 11.3 Å². The number of benzene rings is 1. The number of nitrogens with zero attached hydrogens (tertiary/aromatic N) is 2. The van der Waals surface area contributed by atoms with Crippen molar-refractivity contribution in [3.8, 4) is 5.75 Å². The van der Waals surface area contributed by atoms with E-state index in [-0.39, 0.29) is 29.3 Å². The van der Waals surface area contributed by atoms with Gasteiger partial charge in [-0.2, -0.15) is 0 Å². The number of carbonyl (C=O) groups is 2. The first kappa shape index (κ1) is 27.2. The number of aromatic nitrogens is 1. The number of likely N-dealkylation sites (tertiary alicyclic amines) is 1. The zero-order valence-electron chi connectivity index (χ0n) is 22.6. The standard InChI is InChI=1S/C28H40N2O4S/c1-18(2)15-28(25(32)34-27(6,7)8)13-12-22(21-16-35-17-29-21)30(28)24(31)19-10-11-20(26(3,4)5)23(14-19)33-9/h10-11,14,16-18,22H,12-13,15H2,1-9H3/t22-,28-/m1/s1. The maximum atomic E-state index is 14.3. The Morgan fingerprint density at radius 2 is 1.89 bits per heavy atom. The summed E-state index contributed by atoms with van der Waals surface area (Å²) in [5.74, 6) is 0.304. The molecule has 1 fully saturated rings. The monoisotopic (exact) mass is 500 g/mol. The molecule has 6 nitrogen and oxygen atoms in total. The lowest BCUT2D eigenvalue weighted by molar-refractivity contribution is -0.168. The van der Waals surface area contributed by atoms with Gasteiger partial charge >= 0.3 is 5.97 Å². The molecule has 0 aliphatic carbocycles. The number of carbonyl (C=O) groups excluding carboxylic acids is 2. The highest BCUT2D eigenvalue weighted by Crippen LogP contribution is 2.48. The van der Waals surface area contributed by atoms with Crippen LogP contribution in [0.2, 0.25) is 0 Å². The number of ether oxygens (including phenoxy) is 2. The van der Waals surface area contributed by atoms with E-state index in [0.717, 1.165) is 11.3 Å². The maximum Gasteiger partial charge on any atom is 0.332 e. The van der Waals surface area contributed by atoms with Crippen molar-refractivity contribution < 1.29 is 19.1 Å². The second-order valence-electron chi connectivity index (χ2n) is 11.9. The molecule has 1 aliphatic heterocycles. The molecule has 0 N–H and O–H groups in total. The lowest BCUT2D eigenvalue weighted by atomic mass is 9.84. The fraction of sp³-hybridized carbons (Fsp3) is 0.607. The smallest absolute Gasteiger partial charge is 0.332 e. The predicted octanol–water partition coefficient (Wildman–Crippen LogP) is 6.55. The average molecular weight is 501 g/mol. The van der Waals surface area contributed by atoms with Crippen molar-refractivity contribution in [3.63, 3.8) is 0 Å². The second kappa shape index (κ2) is 9.92. The van der Waals surface area contributed by atoms with Crippen molar-refractivity contribution in [2.45, 2.75) is 97.2 Å². The van der Waals surface area contributed by atoms with Gasteiger partial charge < -0.3 is 14.4 Å². The highest BCUT2D eigenvalue weighted by Gasteiger charge is 2.56. The topological polar surface area (TPSA) is 68.7 Å². The summed E-state index contributed by atoms with van der Waals surface area (Å²) in [5.41, 5.74) is 2.24. The van der Waals surface area contributed by atoms with Crippen LogP contribution in [-0.4, -0.2) is 40.0 Å². The summed E-state index contributed by atoms with van der Waals surface area (Å²) in [6, 6.07) is 5.30. The van der Waals surface area contributed by atoms with Crippen molar-refractivity contribution in [2.75, 3.05) is 7.11 Å². The van der Waals surface area contributed by atoms with Gasteiger partial charge in [0.05, 0.1) is 24.4 Å². The molecular formula is C28H40N2O4S. The summed E-state index contributed by atoms with van der Waals surface area (Å²) in [4.78, 5) is 34.4. The van der Waals surface area contributed by atoms with E-state index in [9.17, 15) is 9.59 Å². The maximum absolute atomic E-state index is 14.3. The molecule has 1 saturated heterocycles. The highest BCUT2D eigenvalue weighted by atomic mass is 32.1. The van der Waals surface area contributed by atoms with Gasteiger partial charge in [-0.1, -0.05) is 40.7 Å². The highest BCUT2D eigenvalue weighted by molar-refractivity contribution is 7.07. The number of rotatable bonds is 6. The van der Waals surface area contributed by atoms with Crippen LogP contribution < -0.4 is 4.74 Å². The molecule has 192 valence electrons. The first-order chi connectivity index (χ1) is 16.2. The van der Waals surface area contributed by atoms with E-state index in [0.29, 0.717) is 30.6 Å². The number of amides is 1. The molecule has 1 aliphatic rings. The fourth-order valence-electron chi connectivity index (χ4n) is 5.04. The van der Waals surface area contributed by atoms with E-state index in [1.54, 1.807) is 23.6 Å². The molecule has 0 unspecified atom stereocenters. The minimum Gasteiger partial charge on any atom is -0.496 e. The van der Waals surface area contributed by atoms with E-state index >= 15 is 0 Å². The zero-order chi connectivity index (χ0) is 26.2. The van der Waals surface area contributed by atoms with Crippen molar-refractivity contribution in [1.29, 1.82) is 0 Å². The normalized spacial score (nSPS) is 20.9. The van der Waals surface area contributed by atoms with Crippen LogP contribution >= 0.6 is 11.3 Å². The number of hydrogen-bond donors (Lipinski definition) is 0. The molecule has 2 atom stereocenters. The summed E-state index contributed by atoms with van der Waals surface area (Å²) in [6.07, 6.45) is 1.70. The lowest BCUT2D eigenvalue weighted by Crippen LogP contribution is -2.56. The van der Waals surface area contributed by atoms with E-state index in [4.69, 9.17) is 9.47 Å². The van der Waals surface area contributed by atoms with Crippen LogP contribution in [0.3, 0.4) is 0 Å². The van der Waals surface area contributed by atoms with Gasteiger partial charge in [-0.05, 0) is 69.1 Å². The molecule has 3 rings (SSSR count). The Hall–Kier alpha value is -2.41. The third kappa shape index (κ3) is 5.71. The Morgan fingerprint density at radius 1 is 1.20 bits per heavy atom. The Morgan fingerprint density at radius 3 is 2.40 bits per heavy atom. The van der Waals surface area contributed by atoms with Gasteiger partial charge in [0.25, 0.3) is 5.91 Å². The first-order valence-electron chi connectivity index (χ1n) is 12.3. The summed E-state index contributed by atoms with van der Waals surface area (Å²) in [7, 11) is 1.62. The minimum atomic E-state index is -1.07. The van der Waals surface area contributed by atoms with Gasteiger partial charge in [0.15, 0.2) is 0 Å². The first-order valence-corrected chi connectivity index (χ1v) is 13.3. The van der Waals surface area contributed by atoms with Gasteiger partial charge in [0.1, 0.15) is 16.9 Å². The van der Waals surface area contributed by atoms with Crippen LogP contribution in [-0.2, 0) is 14.9 Å². The minimum absolute atomic E-state index is 0.137. The quantitative estimate of drug-likeness (QED) is 0.421. The largest absolute Gasteiger partial charge is 0.496 e. The van der Waals surface area contributed by atoms with Crippen LogP contribution in [0.4, 0.5) is 0 Å². The predicted molar refractivity (Wildman–Crippen MR) is 140 cm³/mol. The van der Waals surface area contributed by atoms with E-state index < -0.39 is 11.1 Å². The van der Waals surface area contributed by atoms with Gasteiger partial charge in [-0.25, -0.2) is 9.78 Å². The molecule has 35 heavy (non-hydrogen) atoms. The van der Waals surface area contributed by atoms with Crippen molar-refractivity contribution >= 4 is 23.2 Å². The molecule has 7 heteroatoms. The van der Waals surface area contributed by atoms with Crippen molar-refractivity contribution in [1.82, 2.24) is 9.88 Å². The summed E-state index contributed by atoms with van der Waals surface area (Å²) in [6.45, 7) is 16.1. The SMILES string of the molecule is COc1cc(C(=O)N2[C@@H](c3cscn3)CC[C@@]2(CC(C)C)C(=O)OC(C)(C)C)ccc1C(C)(C)C. The molecule has 1 aromatic heterocycles. The lowest BCUT2D eigenvalue weighted by Gasteiger charge is -2.41. The van der Waals surface area contributed by atoms with Gasteiger partial charge in [-0.15, -0.1) is 11.3 Å².